The summed E-state index contributed by atoms with van der Waals surface area (Å²) >= 11 is 0. The van der Waals surface area contributed by atoms with Crippen LogP contribution in [0.4, 0.5) is 0 Å². The van der Waals surface area contributed by atoms with Crippen LogP contribution in [0.3, 0.4) is 0 Å². The lowest BCUT2D eigenvalue weighted by Gasteiger charge is -2.33. The molecule has 1 aromatic rings. The van der Waals surface area contributed by atoms with Crippen LogP contribution in [0.1, 0.15) is 63.3 Å². The predicted molar refractivity (Wildman–Crippen MR) is 95.2 cm³/mol. The molecule has 0 aliphatic carbocycles. The van der Waals surface area contributed by atoms with Gasteiger partial charge in [0.15, 0.2) is 0 Å². The van der Waals surface area contributed by atoms with Gasteiger partial charge < -0.3 is 9.47 Å². The fourth-order valence-electron chi connectivity index (χ4n) is 3.60. The molecule has 3 rings (SSSR count). The first-order valence-corrected chi connectivity index (χ1v) is 9.62. The summed E-state index contributed by atoms with van der Waals surface area (Å²) in [5.41, 5.74) is 2.52. The largest absolute Gasteiger partial charge is 0.376 e. The summed E-state index contributed by atoms with van der Waals surface area (Å²) in [5.74, 6) is 0. The topological polar surface area (TPSA) is 39.5 Å². The minimum atomic E-state index is 0.335. The zero-order valence-electron chi connectivity index (χ0n) is 15.5. The van der Waals surface area contributed by atoms with E-state index in [2.05, 4.69) is 41.6 Å². The number of hydrogen-bond acceptors (Lipinski definition) is 4. The van der Waals surface area contributed by atoms with Crippen LogP contribution >= 0.6 is 0 Å². The normalized spacial score (nSPS) is 23.9. The fourth-order valence-corrected chi connectivity index (χ4v) is 3.60. The summed E-state index contributed by atoms with van der Waals surface area (Å²) in [7, 11) is 0. The van der Waals surface area contributed by atoms with E-state index in [9.17, 15) is 0 Å². The molecule has 0 N–H and O–H groups in total. The standard InChI is InChI=1S/C19H33N3O2/c1-15(2)22-13-17(16(3)20-22)12-21-9-7-18(8-10-21)24-14-19-6-4-5-11-23-19/h13,15,18-19H,4-12,14H2,1-3H3/t19-/m1/s1. The Bertz CT molecular complexity index is 501. The molecule has 1 atom stereocenters. The second-order valence-electron chi connectivity index (χ2n) is 7.61. The summed E-state index contributed by atoms with van der Waals surface area (Å²) in [4.78, 5) is 2.53. The number of aromatic nitrogens is 2. The number of piperidine rings is 1. The van der Waals surface area contributed by atoms with Crippen LogP contribution in [0.5, 0.6) is 0 Å². The molecule has 2 aliphatic heterocycles. The van der Waals surface area contributed by atoms with Crippen LogP contribution in [0.15, 0.2) is 6.20 Å². The molecule has 2 aliphatic rings. The van der Waals surface area contributed by atoms with Gasteiger partial charge in [0.25, 0.3) is 0 Å². The molecule has 5 nitrogen and oxygen atoms in total. The van der Waals surface area contributed by atoms with Gasteiger partial charge in [0, 0.05) is 44.0 Å². The van der Waals surface area contributed by atoms with E-state index in [1.165, 1.54) is 18.4 Å². The van der Waals surface area contributed by atoms with Gasteiger partial charge in [-0.2, -0.15) is 5.10 Å². The highest BCUT2D eigenvalue weighted by Gasteiger charge is 2.23. The molecule has 0 amide bonds. The number of likely N-dealkylation sites (tertiary alicyclic amines) is 1. The minimum Gasteiger partial charge on any atom is -0.376 e. The van der Waals surface area contributed by atoms with Gasteiger partial charge in [-0.25, -0.2) is 0 Å². The van der Waals surface area contributed by atoms with Crippen molar-refractivity contribution in [1.29, 1.82) is 0 Å². The van der Waals surface area contributed by atoms with Gasteiger partial charge in [0.1, 0.15) is 0 Å². The summed E-state index contributed by atoms with van der Waals surface area (Å²) in [6.07, 6.45) is 8.87. The van der Waals surface area contributed by atoms with Crippen LogP contribution in [-0.4, -0.2) is 53.2 Å². The summed E-state index contributed by atoms with van der Waals surface area (Å²) in [6.45, 7) is 11.4. The van der Waals surface area contributed by atoms with Crippen LogP contribution in [0, 0.1) is 6.92 Å². The Morgan fingerprint density at radius 3 is 2.67 bits per heavy atom. The molecule has 0 unspecified atom stereocenters. The Hall–Kier alpha value is -0.910. The van der Waals surface area contributed by atoms with E-state index in [1.54, 1.807) is 0 Å². The first-order chi connectivity index (χ1) is 11.6. The van der Waals surface area contributed by atoms with Gasteiger partial charge >= 0.3 is 0 Å². The second-order valence-corrected chi connectivity index (χ2v) is 7.61. The molecule has 0 saturated carbocycles. The highest BCUT2D eigenvalue weighted by atomic mass is 16.5. The summed E-state index contributed by atoms with van der Waals surface area (Å²) in [6, 6.07) is 0.429. The van der Waals surface area contributed by atoms with Crippen molar-refractivity contribution >= 4 is 0 Å². The molecule has 2 saturated heterocycles. The Morgan fingerprint density at radius 1 is 1.25 bits per heavy atom. The lowest BCUT2D eigenvalue weighted by Crippen LogP contribution is -2.38. The molecular formula is C19H33N3O2. The van der Waals surface area contributed by atoms with E-state index in [0.29, 0.717) is 18.2 Å². The fraction of sp³-hybridized carbons (Fsp3) is 0.842. The SMILES string of the molecule is Cc1nn(C(C)C)cc1CN1CCC(OC[C@H]2CCCCO2)CC1. The lowest BCUT2D eigenvalue weighted by molar-refractivity contribution is -0.0753. The average Bonchev–Trinajstić information content (AvgIpc) is 2.96. The van der Waals surface area contributed by atoms with Crippen molar-refractivity contribution < 1.29 is 9.47 Å². The van der Waals surface area contributed by atoms with Gasteiger partial charge in [-0.05, 0) is 52.9 Å². The Labute approximate surface area is 146 Å². The monoisotopic (exact) mass is 335 g/mol. The van der Waals surface area contributed by atoms with Crippen LogP contribution in [-0.2, 0) is 16.0 Å². The maximum atomic E-state index is 6.11. The van der Waals surface area contributed by atoms with Crippen molar-refractivity contribution in [2.24, 2.45) is 0 Å². The van der Waals surface area contributed by atoms with E-state index in [0.717, 1.165) is 57.8 Å². The van der Waals surface area contributed by atoms with E-state index in [4.69, 9.17) is 9.47 Å². The maximum absolute atomic E-state index is 6.11. The Morgan fingerprint density at radius 2 is 2.04 bits per heavy atom. The van der Waals surface area contributed by atoms with Crippen molar-refractivity contribution in [2.75, 3.05) is 26.3 Å². The van der Waals surface area contributed by atoms with Crippen molar-refractivity contribution in [2.45, 2.75) is 77.7 Å². The van der Waals surface area contributed by atoms with Crippen molar-refractivity contribution in [3.63, 3.8) is 0 Å². The summed E-state index contributed by atoms with van der Waals surface area (Å²) in [5, 5.41) is 4.62. The third kappa shape index (κ3) is 4.80. The van der Waals surface area contributed by atoms with Crippen molar-refractivity contribution in [3.8, 4) is 0 Å². The minimum absolute atomic E-state index is 0.335. The maximum Gasteiger partial charge on any atom is 0.0808 e. The van der Waals surface area contributed by atoms with E-state index < -0.39 is 0 Å². The van der Waals surface area contributed by atoms with Gasteiger partial charge in [-0.1, -0.05) is 0 Å². The Balaban J connectivity index is 1.40. The van der Waals surface area contributed by atoms with E-state index in [1.807, 2.05) is 0 Å². The molecule has 3 heterocycles. The zero-order valence-corrected chi connectivity index (χ0v) is 15.5. The summed E-state index contributed by atoms with van der Waals surface area (Å²) < 4.78 is 13.9. The van der Waals surface area contributed by atoms with Gasteiger partial charge in [-0.15, -0.1) is 0 Å². The quantitative estimate of drug-likeness (QED) is 0.799. The zero-order chi connectivity index (χ0) is 16.9. The molecule has 1 aromatic heterocycles. The molecule has 24 heavy (non-hydrogen) atoms. The number of rotatable bonds is 6. The first-order valence-electron chi connectivity index (χ1n) is 9.62. The molecule has 0 aromatic carbocycles. The number of hydrogen-bond donors (Lipinski definition) is 0. The van der Waals surface area contributed by atoms with Crippen LogP contribution in [0.2, 0.25) is 0 Å². The average molecular weight is 335 g/mol. The van der Waals surface area contributed by atoms with Gasteiger partial charge in [0.2, 0.25) is 0 Å². The molecule has 2 fully saturated rings. The number of ether oxygens (including phenoxy) is 2. The lowest BCUT2D eigenvalue weighted by atomic mass is 10.1. The van der Waals surface area contributed by atoms with Crippen LogP contribution < -0.4 is 0 Å². The Kier molecular flexibility index (Phi) is 6.31. The van der Waals surface area contributed by atoms with E-state index >= 15 is 0 Å². The molecule has 0 bridgehead atoms. The predicted octanol–water partition coefficient (Wildman–Crippen LogP) is 3.32. The van der Waals surface area contributed by atoms with Crippen LogP contribution in [0.25, 0.3) is 0 Å². The van der Waals surface area contributed by atoms with Gasteiger partial charge in [0.05, 0.1) is 24.5 Å². The second kappa shape index (κ2) is 8.45. The third-order valence-electron chi connectivity index (χ3n) is 5.27. The molecule has 136 valence electrons. The number of nitrogens with zero attached hydrogens (tertiary/aromatic N) is 3. The van der Waals surface area contributed by atoms with Crippen molar-refractivity contribution in [1.82, 2.24) is 14.7 Å². The van der Waals surface area contributed by atoms with Gasteiger partial charge in [-0.3, -0.25) is 9.58 Å². The highest BCUT2D eigenvalue weighted by molar-refractivity contribution is 5.15. The smallest absolute Gasteiger partial charge is 0.0808 e. The number of aryl methyl sites for hydroxylation is 1. The highest BCUT2D eigenvalue weighted by Crippen LogP contribution is 2.20. The molecule has 0 radical (unpaired) electrons. The first kappa shape index (κ1) is 17.9. The molecule has 0 spiro atoms. The van der Waals surface area contributed by atoms with E-state index in [-0.39, 0.29) is 0 Å². The van der Waals surface area contributed by atoms with Crippen molar-refractivity contribution in [3.05, 3.63) is 17.5 Å². The third-order valence-corrected chi connectivity index (χ3v) is 5.27. The molecular weight excluding hydrogens is 302 g/mol. The molecule has 5 heteroatoms.